The lowest BCUT2D eigenvalue weighted by atomic mass is 10.3. The molecule has 1 rings (SSSR count). The molecule has 0 saturated heterocycles. The van der Waals surface area contributed by atoms with E-state index in [4.69, 9.17) is 9.47 Å². The fourth-order valence-corrected chi connectivity index (χ4v) is 2.37. The SMILES string of the molecule is CCCOCCOCC(=O)c1ccc(Br)s1. The molecule has 0 aliphatic rings. The topological polar surface area (TPSA) is 35.5 Å². The average molecular weight is 307 g/mol. The lowest BCUT2D eigenvalue weighted by Crippen LogP contribution is -2.11. The number of thiophene rings is 1. The Kier molecular flexibility index (Phi) is 6.87. The molecule has 0 saturated carbocycles. The number of halogens is 1. The molecular weight excluding hydrogens is 292 g/mol. The van der Waals surface area contributed by atoms with Crippen LogP contribution in [0.15, 0.2) is 15.9 Å². The average Bonchev–Trinajstić information content (AvgIpc) is 2.70. The molecule has 0 N–H and O–H groups in total. The molecule has 1 aromatic heterocycles. The normalized spacial score (nSPS) is 10.6. The molecule has 90 valence electrons. The molecule has 0 amide bonds. The summed E-state index contributed by atoms with van der Waals surface area (Å²) in [5.41, 5.74) is 0. The minimum Gasteiger partial charge on any atom is -0.379 e. The molecule has 0 fully saturated rings. The van der Waals surface area contributed by atoms with E-state index >= 15 is 0 Å². The third-order valence-electron chi connectivity index (χ3n) is 1.80. The third-order valence-corrected chi connectivity index (χ3v) is 3.47. The van der Waals surface area contributed by atoms with Crippen molar-refractivity contribution in [1.82, 2.24) is 0 Å². The molecule has 1 heterocycles. The van der Waals surface area contributed by atoms with Gasteiger partial charge in [0.1, 0.15) is 6.61 Å². The first-order valence-electron chi connectivity index (χ1n) is 5.18. The quantitative estimate of drug-likeness (QED) is 0.547. The van der Waals surface area contributed by atoms with Gasteiger partial charge >= 0.3 is 0 Å². The molecule has 0 aromatic carbocycles. The highest BCUT2D eigenvalue weighted by Crippen LogP contribution is 2.22. The van der Waals surface area contributed by atoms with Crippen molar-refractivity contribution in [3.63, 3.8) is 0 Å². The molecule has 0 radical (unpaired) electrons. The van der Waals surface area contributed by atoms with Gasteiger partial charge in [-0.2, -0.15) is 0 Å². The Morgan fingerprint density at radius 1 is 1.31 bits per heavy atom. The van der Waals surface area contributed by atoms with Gasteiger partial charge < -0.3 is 9.47 Å². The minimum atomic E-state index is 0.0196. The largest absolute Gasteiger partial charge is 0.379 e. The number of Topliss-reactive ketones (excluding diaryl/α,β-unsaturated/α-hetero) is 1. The lowest BCUT2D eigenvalue weighted by molar-refractivity contribution is 0.0443. The molecule has 1 aromatic rings. The van der Waals surface area contributed by atoms with E-state index in [9.17, 15) is 4.79 Å². The van der Waals surface area contributed by atoms with E-state index in [0.717, 1.165) is 21.7 Å². The molecule has 0 aliphatic carbocycles. The van der Waals surface area contributed by atoms with Gasteiger partial charge in [-0.15, -0.1) is 11.3 Å². The van der Waals surface area contributed by atoms with Crippen molar-refractivity contribution in [2.45, 2.75) is 13.3 Å². The van der Waals surface area contributed by atoms with Crippen LogP contribution in [-0.4, -0.2) is 32.2 Å². The molecule has 0 spiro atoms. The monoisotopic (exact) mass is 306 g/mol. The van der Waals surface area contributed by atoms with Crippen molar-refractivity contribution in [2.75, 3.05) is 26.4 Å². The number of ketones is 1. The van der Waals surface area contributed by atoms with E-state index < -0.39 is 0 Å². The number of hydrogen-bond donors (Lipinski definition) is 0. The fourth-order valence-electron chi connectivity index (χ4n) is 1.06. The minimum absolute atomic E-state index is 0.0196. The van der Waals surface area contributed by atoms with Crippen molar-refractivity contribution < 1.29 is 14.3 Å². The third kappa shape index (κ3) is 5.21. The van der Waals surface area contributed by atoms with Crippen LogP contribution in [0.5, 0.6) is 0 Å². The molecule has 0 atom stereocenters. The zero-order chi connectivity index (χ0) is 11.8. The number of hydrogen-bond acceptors (Lipinski definition) is 4. The predicted molar refractivity (Wildman–Crippen MR) is 68.3 cm³/mol. The van der Waals surface area contributed by atoms with Gasteiger partial charge in [0, 0.05) is 6.61 Å². The second-order valence-electron chi connectivity index (χ2n) is 3.19. The van der Waals surface area contributed by atoms with E-state index in [1.54, 1.807) is 6.07 Å². The first kappa shape index (κ1) is 13.8. The fraction of sp³-hybridized carbons (Fsp3) is 0.545. The summed E-state index contributed by atoms with van der Waals surface area (Å²) in [7, 11) is 0. The summed E-state index contributed by atoms with van der Waals surface area (Å²) >= 11 is 4.74. The Hall–Kier alpha value is -0.230. The van der Waals surface area contributed by atoms with Crippen molar-refractivity contribution in [3.05, 3.63) is 20.8 Å². The molecule has 0 aliphatic heterocycles. The van der Waals surface area contributed by atoms with E-state index in [1.807, 2.05) is 6.07 Å². The number of carbonyl (C=O) groups is 1. The molecule has 0 bridgehead atoms. The maximum absolute atomic E-state index is 11.6. The van der Waals surface area contributed by atoms with Gasteiger partial charge in [0.25, 0.3) is 0 Å². The van der Waals surface area contributed by atoms with Crippen LogP contribution in [0.3, 0.4) is 0 Å². The second kappa shape index (κ2) is 7.95. The van der Waals surface area contributed by atoms with E-state index in [2.05, 4.69) is 22.9 Å². The Morgan fingerprint density at radius 3 is 2.69 bits per heavy atom. The van der Waals surface area contributed by atoms with Crippen molar-refractivity contribution in [3.8, 4) is 0 Å². The summed E-state index contributed by atoms with van der Waals surface area (Å²) in [6, 6.07) is 3.66. The maximum atomic E-state index is 11.6. The highest BCUT2D eigenvalue weighted by atomic mass is 79.9. The highest BCUT2D eigenvalue weighted by molar-refractivity contribution is 9.11. The zero-order valence-electron chi connectivity index (χ0n) is 9.20. The second-order valence-corrected chi connectivity index (χ2v) is 5.65. The summed E-state index contributed by atoms with van der Waals surface area (Å²) < 4.78 is 11.4. The Bertz CT molecular complexity index is 325. The van der Waals surface area contributed by atoms with E-state index in [-0.39, 0.29) is 12.4 Å². The molecule has 0 unspecified atom stereocenters. The highest BCUT2D eigenvalue weighted by Gasteiger charge is 2.08. The van der Waals surface area contributed by atoms with Gasteiger partial charge in [0.2, 0.25) is 0 Å². The van der Waals surface area contributed by atoms with Gasteiger partial charge in [-0.25, -0.2) is 0 Å². The van der Waals surface area contributed by atoms with Crippen molar-refractivity contribution in [1.29, 1.82) is 0 Å². The Morgan fingerprint density at radius 2 is 2.06 bits per heavy atom. The first-order chi connectivity index (χ1) is 7.74. The summed E-state index contributed by atoms with van der Waals surface area (Å²) in [5, 5.41) is 0. The first-order valence-corrected chi connectivity index (χ1v) is 6.79. The Balaban J connectivity index is 2.11. The van der Waals surface area contributed by atoms with Crippen LogP contribution in [0.1, 0.15) is 23.0 Å². The van der Waals surface area contributed by atoms with Crippen LogP contribution in [0.4, 0.5) is 0 Å². The molecular formula is C11H15BrO3S. The summed E-state index contributed by atoms with van der Waals surface area (Å²) in [4.78, 5) is 12.3. The standard InChI is InChI=1S/C11H15BrO3S/c1-2-5-14-6-7-15-8-9(13)10-3-4-11(12)16-10/h3-4H,2,5-8H2,1H3. The summed E-state index contributed by atoms with van der Waals surface area (Å²) in [5.74, 6) is 0.0196. The van der Waals surface area contributed by atoms with Gasteiger partial charge in [-0.05, 0) is 34.5 Å². The number of rotatable bonds is 8. The zero-order valence-corrected chi connectivity index (χ0v) is 11.6. The predicted octanol–water partition coefficient (Wildman–Crippen LogP) is 3.14. The van der Waals surface area contributed by atoms with Crippen molar-refractivity contribution >= 4 is 33.0 Å². The summed E-state index contributed by atoms with van der Waals surface area (Å²) in [6.07, 6.45) is 1.00. The lowest BCUT2D eigenvalue weighted by Gasteiger charge is -2.03. The van der Waals surface area contributed by atoms with Crippen LogP contribution < -0.4 is 0 Å². The van der Waals surface area contributed by atoms with Crippen LogP contribution in [-0.2, 0) is 9.47 Å². The van der Waals surface area contributed by atoms with Crippen molar-refractivity contribution in [2.24, 2.45) is 0 Å². The smallest absolute Gasteiger partial charge is 0.198 e. The van der Waals surface area contributed by atoms with Crippen LogP contribution >= 0.6 is 27.3 Å². The molecule has 16 heavy (non-hydrogen) atoms. The summed E-state index contributed by atoms with van der Waals surface area (Å²) in [6.45, 7) is 3.95. The van der Waals surface area contributed by atoms with Crippen LogP contribution in [0.2, 0.25) is 0 Å². The van der Waals surface area contributed by atoms with Crippen LogP contribution in [0.25, 0.3) is 0 Å². The van der Waals surface area contributed by atoms with Crippen LogP contribution in [0, 0.1) is 0 Å². The van der Waals surface area contributed by atoms with Gasteiger partial charge in [0.15, 0.2) is 5.78 Å². The maximum Gasteiger partial charge on any atom is 0.198 e. The molecule has 5 heteroatoms. The number of ether oxygens (including phenoxy) is 2. The molecule has 3 nitrogen and oxygen atoms in total. The van der Waals surface area contributed by atoms with E-state index in [0.29, 0.717) is 13.2 Å². The van der Waals surface area contributed by atoms with Gasteiger partial charge in [-0.3, -0.25) is 4.79 Å². The van der Waals surface area contributed by atoms with Gasteiger partial charge in [-0.1, -0.05) is 6.92 Å². The van der Waals surface area contributed by atoms with Gasteiger partial charge in [0.05, 0.1) is 21.9 Å². The number of carbonyl (C=O) groups excluding carboxylic acids is 1. The van der Waals surface area contributed by atoms with E-state index in [1.165, 1.54) is 11.3 Å². The Labute approximate surface area is 108 Å².